The molecule has 0 atom stereocenters. The molecule has 0 spiro atoms. The summed E-state index contributed by atoms with van der Waals surface area (Å²) >= 11 is 0. The SMILES string of the molecule is c1ccc(C2=NC(c3ccc(-c4cccc(-c5cccc6oc7c8ccccc8c(-c8ccccn8)cc7c56)c4)cc3)N=C(c3ccccc3)N2)cc1. The van der Waals surface area contributed by atoms with Crippen LogP contribution >= 0.6 is 0 Å². The van der Waals surface area contributed by atoms with Gasteiger partial charge in [0.15, 0.2) is 6.17 Å². The third-order valence-corrected chi connectivity index (χ3v) is 9.99. The van der Waals surface area contributed by atoms with Crippen molar-refractivity contribution in [3.8, 4) is 33.5 Å². The number of hydrogen-bond acceptors (Lipinski definition) is 5. The first kappa shape index (κ1) is 30.7. The molecule has 0 radical (unpaired) electrons. The van der Waals surface area contributed by atoms with Crippen LogP contribution in [0, 0.1) is 0 Å². The third-order valence-electron chi connectivity index (χ3n) is 9.99. The fraction of sp³-hybridized carbons (Fsp3) is 0.0208. The molecule has 2 aromatic heterocycles. The Morgan fingerprint density at radius 3 is 1.81 bits per heavy atom. The molecule has 0 aliphatic carbocycles. The number of aliphatic imine (C=N–C) groups is 2. The average molecular weight is 681 g/mol. The van der Waals surface area contributed by atoms with Crippen molar-refractivity contribution < 1.29 is 4.42 Å². The Morgan fingerprint density at radius 2 is 1.09 bits per heavy atom. The maximum absolute atomic E-state index is 6.63. The second kappa shape index (κ2) is 12.9. The van der Waals surface area contributed by atoms with E-state index in [1.165, 1.54) is 0 Å². The third kappa shape index (κ3) is 5.56. The van der Waals surface area contributed by atoms with Crippen molar-refractivity contribution >= 4 is 44.4 Å². The summed E-state index contributed by atoms with van der Waals surface area (Å²) in [5, 5.41) is 7.86. The fourth-order valence-corrected chi connectivity index (χ4v) is 7.42. The lowest BCUT2D eigenvalue weighted by Crippen LogP contribution is -2.35. The minimum absolute atomic E-state index is 0.374. The van der Waals surface area contributed by atoms with Gasteiger partial charge in [0.1, 0.15) is 22.8 Å². The highest BCUT2D eigenvalue weighted by molar-refractivity contribution is 6.22. The van der Waals surface area contributed by atoms with Crippen molar-refractivity contribution in [2.75, 3.05) is 0 Å². The van der Waals surface area contributed by atoms with Gasteiger partial charge < -0.3 is 9.73 Å². The van der Waals surface area contributed by atoms with Crippen LogP contribution in [0.5, 0.6) is 0 Å². The van der Waals surface area contributed by atoms with E-state index in [4.69, 9.17) is 19.4 Å². The summed E-state index contributed by atoms with van der Waals surface area (Å²) in [7, 11) is 0. The summed E-state index contributed by atoms with van der Waals surface area (Å²) in [5.41, 5.74) is 11.4. The molecule has 0 unspecified atom stereocenters. The molecule has 53 heavy (non-hydrogen) atoms. The zero-order valence-electron chi connectivity index (χ0n) is 28.6. The van der Waals surface area contributed by atoms with Crippen LogP contribution in [0.3, 0.4) is 0 Å². The quantitative estimate of drug-likeness (QED) is 0.190. The van der Waals surface area contributed by atoms with Gasteiger partial charge in [0.25, 0.3) is 0 Å². The maximum atomic E-state index is 6.63. The number of benzene rings is 7. The minimum Gasteiger partial charge on any atom is -0.455 e. The maximum Gasteiger partial charge on any atom is 0.169 e. The molecule has 0 saturated carbocycles. The van der Waals surface area contributed by atoms with Crippen molar-refractivity contribution in [1.29, 1.82) is 0 Å². The van der Waals surface area contributed by atoms with E-state index in [1.807, 2.05) is 54.7 Å². The summed E-state index contributed by atoms with van der Waals surface area (Å²) in [4.78, 5) is 14.8. The number of aromatic nitrogens is 1. The monoisotopic (exact) mass is 680 g/mol. The largest absolute Gasteiger partial charge is 0.455 e. The predicted molar refractivity (Wildman–Crippen MR) is 217 cm³/mol. The Labute approximate surface area is 306 Å². The molecule has 0 saturated heterocycles. The normalized spacial score (nSPS) is 13.2. The van der Waals surface area contributed by atoms with Crippen LogP contribution in [0.1, 0.15) is 22.9 Å². The molecule has 0 fully saturated rings. The molecule has 250 valence electrons. The highest BCUT2D eigenvalue weighted by Gasteiger charge is 2.21. The van der Waals surface area contributed by atoms with Gasteiger partial charge in [0.05, 0.1) is 5.69 Å². The first-order valence-corrected chi connectivity index (χ1v) is 17.8. The number of rotatable bonds is 6. The number of pyridine rings is 1. The van der Waals surface area contributed by atoms with E-state index in [0.717, 1.165) is 94.6 Å². The first-order chi connectivity index (χ1) is 26.3. The molecular formula is C48H32N4O. The van der Waals surface area contributed by atoms with E-state index in [1.54, 1.807) is 0 Å². The number of hydrogen-bond donors (Lipinski definition) is 1. The number of nitrogens with zero attached hydrogens (tertiary/aromatic N) is 3. The highest BCUT2D eigenvalue weighted by atomic mass is 16.3. The Kier molecular flexibility index (Phi) is 7.47. The fourth-order valence-electron chi connectivity index (χ4n) is 7.42. The second-order valence-electron chi connectivity index (χ2n) is 13.2. The van der Waals surface area contributed by atoms with Gasteiger partial charge in [0.2, 0.25) is 0 Å². The summed E-state index contributed by atoms with van der Waals surface area (Å²) in [5.74, 6) is 1.62. The van der Waals surface area contributed by atoms with Crippen molar-refractivity contribution in [1.82, 2.24) is 10.3 Å². The van der Waals surface area contributed by atoms with Crippen LogP contribution < -0.4 is 5.32 Å². The Balaban J connectivity index is 1.04. The van der Waals surface area contributed by atoms with E-state index < -0.39 is 0 Å². The van der Waals surface area contributed by atoms with Crippen molar-refractivity contribution in [3.63, 3.8) is 0 Å². The Hall–Kier alpha value is -7.11. The zero-order chi connectivity index (χ0) is 35.1. The van der Waals surface area contributed by atoms with Crippen LogP contribution in [0.15, 0.2) is 197 Å². The smallest absolute Gasteiger partial charge is 0.169 e. The van der Waals surface area contributed by atoms with Crippen molar-refractivity contribution in [2.45, 2.75) is 6.17 Å². The van der Waals surface area contributed by atoms with Gasteiger partial charge in [-0.25, -0.2) is 9.98 Å². The number of furan rings is 1. The van der Waals surface area contributed by atoms with E-state index in [9.17, 15) is 0 Å². The summed E-state index contributed by atoms with van der Waals surface area (Å²) in [6, 6.07) is 60.9. The van der Waals surface area contributed by atoms with Crippen molar-refractivity contribution in [3.05, 3.63) is 199 Å². The van der Waals surface area contributed by atoms with E-state index in [0.29, 0.717) is 0 Å². The molecule has 1 aliphatic heterocycles. The summed E-state index contributed by atoms with van der Waals surface area (Å²) in [6.07, 6.45) is 1.48. The molecule has 5 nitrogen and oxygen atoms in total. The lowest BCUT2D eigenvalue weighted by Gasteiger charge is -2.22. The van der Waals surface area contributed by atoms with Crippen LogP contribution in [0.25, 0.3) is 66.2 Å². The average Bonchev–Trinajstić information content (AvgIpc) is 3.63. The number of fused-ring (bicyclic) bond motifs is 5. The molecular weight excluding hydrogens is 649 g/mol. The topological polar surface area (TPSA) is 62.8 Å². The predicted octanol–water partition coefficient (Wildman–Crippen LogP) is 11.6. The van der Waals surface area contributed by atoms with Gasteiger partial charge in [-0.1, -0.05) is 146 Å². The molecule has 7 aromatic carbocycles. The van der Waals surface area contributed by atoms with Crippen molar-refractivity contribution in [2.24, 2.45) is 9.98 Å². The first-order valence-electron chi connectivity index (χ1n) is 17.8. The highest BCUT2D eigenvalue weighted by Crippen LogP contribution is 2.43. The van der Waals surface area contributed by atoms with Gasteiger partial charge in [-0.15, -0.1) is 0 Å². The summed E-state index contributed by atoms with van der Waals surface area (Å²) in [6.45, 7) is 0. The van der Waals surface area contributed by atoms with Crippen LogP contribution in [-0.4, -0.2) is 16.7 Å². The standard InChI is InChI=1S/C48H32N4O/c1-3-13-32(14-4-1)46-50-47(33-15-5-2-6-16-33)52-48(51-46)34-26-24-31(25-27-34)35-17-11-18-36(29-35)37-21-12-23-43-44(37)41-30-40(42-22-9-10-28-49-42)38-19-7-8-20-39(38)45(41)53-43/h1-30,48H,(H,50,51,52). The number of amidine groups is 2. The molecule has 5 heteroatoms. The van der Waals surface area contributed by atoms with Gasteiger partial charge >= 0.3 is 0 Å². The van der Waals surface area contributed by atoms with Gasteiger partial charge in [-0.05, 0) is 63.5 Å². The van der Waals surface area contributed by atoms with Crippen LogP contribution in [-0.2, 0) is 0 Å². The lowest BCUT2D eigenvalue weighted by molar-refractivity contribution is 0.673. The van der Waals surface area contributed by atoms with Gasteiger partial charge in [-0.2, -0.15) is 0 Å². The summed E-state index contributed by atoms with van der Waals surface area (Å²) < 4.78 is 6.63. The van der Waals surface area contributed by atoms with Crippen LogP contribution in [0.2, 0.25) is 0 Å². The van der Waals surface area contributed by atoms with Gasteiger partial charge in [0, 0.05) is 39.0 Å². The Bertz CT molecular complexity index is 2790. The minimum atomic E-state index is -0.374. The molecule has 10 rings (SSSR count). The second-order valence-corrected chi connectivity index (χ2v) is 13.2. The van der Waals surface area contributed by atoms with E-state index >= 15 is 0 Å². The molecule has 0 amide bonds. The molecule has 0 bridgehead atoms. The van der Waals surface area contributed by atoms with E-state index in [2.05, 4.69) is 133 Å². The van der Waals surface area contributed by atoms with Gasteiger partial charge in [-0.3, -0.25) is 4.98 Å². The van der Waals surface area contributed by atoms with Crippen LogP contribution in [0.4, 0.5) is 0 Å². The molecule has 1 aliphatic rings. The number of nitrogens with one attached hydrogen (secondary N) is 1. The zero-order valence-corrected chi connectivity index (χ0v) is 28.6. The Morgan fingerprint density at radius 1 is 0.453 bits per heavy atom. The molecule has 9 aromatic rings. The van der Waals surface area contributed by atoms with E-state index in [-0.39, 0.29) is 6.17 Å². The lowest BCUT2D eigenvalue weighted by atomic mass is 9.93. The molecule has 3 heterocycles. The molecule has 1 N–H and O–H groups in total.